The molecule has 0 aromatic heterocycles. The molecule has 7 nitrogen and oxygen atoms in total. The van der Waals surface area contributed by atoms with Gasteiger partial charge in [0, 0.05) is 4.75 Å². The zero-order valence-corrected chi connectivity index (χ0v) is 16.0. The second-order valence-electron chi connectivity index (χ2n) is 6.04. The molecule has 1 fully saturated rings. The minimum absolute atomic E-state index is 0.0381. The molecule has 1 atom stereocenters. The van der Waals surface area contributed by atoms with Crippen LogP contribution in [0.2, 0.25) is 0 Å². The number of sulfonamides is 1. The average Bonchev–Trinajstić information content (AvgIpc) is 2.66. The highest BCUT2D eigenvalue weighted by Gasteiger charge is 2.45. The zero-order valence-electron chi connectivity index (χ0n) is 14.3. The first kappa shape index (κ1) is 20.0. The molecule has 0 heterocycles. The van der Waals surface area contributed by atoms with Crippen molar-refractivity contribution in [1.29, 1.82) is 0 Å². The summed E-state index contributed by atoms with van der Waals surface area (Å²) in [6.45, 7) is 0. The summed E-state index contributed by atoms with van der Waals surface area (Å²) in [7, 11) is -2.43. The lowest BCUT2D eigenvalue weighted by Gasteiger charge is -2.41. The van der Waals surface area contributed by atoms with Gasteiger partial charge in [-0.1, -0.05) is 19.3 Å². The predicted octanol–water partition coefficient (Wildman–Crippen LogP) is 1.91. The van der Waals surface area contributed by atoms with Gasteiger partial charge in [0.15, 0.2) is 0 Å². The van der Waals surface area contributed by atoms with Crippen LogP contribution in [-0.4, -0.2) is 43.7 Å². The van der Waals surface area contributed by atoms with Crippen LogP contribution in [-0.2, 0) is 14.8 Å². The van der Waals surface area contributed by atoms with Gasteiger partial charge in [0.2, 0.25) is 10.0 Å². The molecule has 0 radical (unpaired) electrons. The summed E-state index contributed by atoms with van der Waals surface area (Å²) in [5.74, 6) is -0.204. The summed E-state index contributed by atoms with van der Waals surface area (Å²) in [5.41, 5.74) is 1.61. The van der Waals surface area contributed by atoms with Gasteiger partial charge in [-0.3, -0.25) is 10.0 Å². The van der Waals surface area contributed by atoms with E-state index in [-0.39, 0.29) is 4.90 Å². The van der Waals surface area contributed by atoms with Crippen molar-refractivity contribution in [3.63, 3.8) is 0 Å². The van der Waals surface area contributed by atoms with Crippen molar-refractivity contribution >= 4 is 27.7 Å². The molecule has 1 aromatic carbocycles. The fourth-order valence-electron chi connectivity index (χ4n) is 3.20. The van der Waals surface area contributed by atoms with E-state index in [2.05, 4.69) is 4.72 Å². The van der Waals surface area contributed by atoms with Crippen molar-refractivity contribution in [2.45, 2.75) is 47.8 Å². The highest BCUT2D eigenvalue weighted by Crippen LogP contribution is 2.42. The van der Waals surface area contributed by atoms with E-state index in [4.69, 9.17) is 9.94 Å². The Labute approximate surface area is 152 Å². The van der Waals surface area contributed by atoms with Crippen LogP contribution >= 0.6 is 11.8 Å². The number of rotatable bonds is 7. The monoisotopic (exact) mass is 388 g/mol. The highest BCUT2D eigenvalue weighted by atomic mass is 32.2. The van der Waals surface area contributed by atoms with Crippen molar-refractivity contribution in [2.24, 2.45) is 0 Å². The van der Waals surface area contributed by atoms with Crippen molar-refractivity contribution in [1.82, 2.24) is 10.2 Å². The Balaban J connectivity index is 2.33. The molecule has 0 aliphatic heterocycles. The van der Waals surface area contributed by atoms with Crippen LogP contribution in [0.15, 0.2) is 29.2 Å². The molecule has 1 aliphatic carbocycles. The van der Waals surface area contributed by atoms with Crippen molar-refractivity contribution in [3.05, 3.63) is 24.3 Å². The third-order valence-electron chi connectivity index (χ3n) is 4.65. The van der Waals surface area contributed by atoms with E-state index in [0.29, 0.717) is 18.6 Å². The maximum atomic E-state index is 12.7. The summed E-state index contributed by atoms with van der Waals surface area (Å²) >= 11 is 1.47. The quantitative estimate of drug-likeness (QED) is 0.487. The molecule has 1 amide bonds. The first-order valence-corrected chi connectivity index (χ1v) is 10.7. The summed E-state index contributed by atoms with van der Waals surface area (Å²) < 4.78 is 32.4. The lowest BCUT2D eigenvalue weighted by atomic mass is 9.83. The van der Waals surface area contributed by atoms with Crippen LogP contribution in [0.5, 0.6) is 5.75 Å². The first-order chi connectivity index (χ1) is 11.9. The van der Waals surface area contributed by atoms with Gasteiger partial charge >= 0.3 is 0 Å². The van der Waals surface area contributed by atoms with Crippen molar-refractivity contribution < 1.29 is 23.2 Å². The number of benzene rings is 1. The largest absolute Gasteiger partial charge is 0.497 e. The Morgan fingerprint density at radius 2 is 1.84 bits per heavy atom. The molecule has 1 aromatic rings. The van der Waals surface area contributed by atoms with E-state index in [1.54, 1.807) is 17.6 Å². The molecule has 3 N–H and O–H groups in total. The molecule has 9 heteroatoms. The normalized spacial score (nSPS) is 18.4. The smallest absolute Gasteiger partial charge is 0.262 e. The van der Waals surface area contributed by atoms with Gasteiger partial charge in [-0.25, -0.2) is 13.9 Å². The lowest BCUT2D eigenvalue weighted by Crippen LogP contribution is -2.58. The van der Waals surface area contributed by atoms with Gasteiger partial charge in [0.1, 0.15) is 11.8 Å². The average molecular weight is 389 g/mol. The van der Waals surface area contributed by atoms with Crippen LogP contribution in [0.1, 0.15) is 32.1 Å². The third kappa shape index (κ3) is 4.46. The van der Waals surface area contributed by atoms with E-state index in [1.165, 1.54) is 31.0 Å². The standard InChI is InChI=1S/C16H24N2O5S2/c1-23-12-6-8-13(9-7-12)25(21,22)18-14(15(19)17-20)16(24-2)10-4-3-5-11-16/h6-9,14,18,20H,3-5,10-11H2,1-2H3,(H,17,19). The molecule has 0 bridgehead atoms. The predicted molar refractivity (Wildman–Crippen MR) is 96.4 cm³/mol. The third-order valence-corrected chi connectivity index (χ3v) is 7.54. The van der Waals surface area contributed by atoms with Gasteiger partial charge in [-0.2, -0.15) is 16.5 Å². The second-order valence-corrected chi connectivity index (χ2v) is 8.97. The Morgan fingerprint density at radius 3 is 2.32 bits per heavy atom. The molecule has 1 saturated carbocycles. The van der Waals surface area contributed by atoms with E-state index >= 15 is 0 Å². The number of hydrogen-bond acceptors (Lipinski definition) is 6. The molecule has 140 valence electrons. The van der Waals surface area contributed by atoms with Crippen LogP contribution < -0.4 is 14.9 Å². The number of nitrogens with one attached hydrogen (secondary N) is 2. The number of ether oxygens (including phenoxy) is 1. The maximum absolute atomic E-state index is 12.7. The number of methoxy groups -OCH3 is 1. The minimum Gasteiger partial charge on any atom is -0.497 e. The SMILES string of the molecule is COc1ccc(S(=O)(=O)NC(C(=O)NO)C2(SC)CCCCC2)cc1. The zero-order chi connectivity index (χ0) is 18.5. The molecular formula is C16H24N2O5S2. The van der Waals surface area contributed by atoms with Crippen LogP contribution in [0.25, 0.3) is 0 Å². The Kier molecular flexibility index (Phi) is 6.72. The summed E-state index contributed by atoms with van der Waals surface area (Å²) in [6, 6.07) is 4.87. The minimum atomic E-state index is -3.93. The highest BCUT2D eigenvalue weighted by molar-refractivity contribution is 8.00. The number of carbonyl (C=O) groups excluding carboxylic acids is 1. The molecule has 0 spiro atoms. The number of thioether (sulfide) groups is 1. The van der Waals surface area contributed by atoms with Gasteiger partial charge in [-0.15, -0.1) is 0 Å². The first-order valence-electron chi connectivity index (χ1n) is 8.04. The molecule has 25 heavy (non-hydrogen) atoms. The second kappa shape index (κ2) is 8.39. The fraction of sp³-hybridized carbons (Fsp3) is 0.562. The van der Waals surface area contributed by atoms with Crippen molar-refractivity contribution in [3.8, 4) is 5.75 Å². The van der Waals surface area contributed by atoms with E-state index in [1.807, 2.05) is 6.26 Å². The lowest BCUT2D eigenvalue weighted by molar-refractivity contribution is -0.132. The van der Waals surface area contributed by atoms with Crippen molar-refractivity contribution in [2.75, 3.05) is 13.4 Å². The number of hydroxylamine groups is 1. The molecule has 1 aliphatic rings. The number of carbonyl (C=O) groups is 1. The molecular weight excluding hydrogens is 364 g/mol. The van der Waals surface area contributed by atoms with Gasteiger partial charge in [0.25, 0.3) is 5.91 Å². The fourth-order valence-corrected chi connectivity index (χ4v) is 5.65. The van der Waals surface area contributed by atoms with Gasteiger partial charge in [0.05, 0.1) is 12.0 Å². The van der Waals surface area contributed by atoms with E-state index < -0.39 is 26.7 Å². The summed E-state index contributed by atoms with van der Waals surface area (Å²) in [6.07, 6.45) is 6.17. The van der Waals surface area contributed by atoms with Gasteiger partial charge < -0.3 is 4.74 Å². The van der Waals surface area contributed by atoms with Gasteiger partial charge in [-0.05, 0) is 43.4 Å². The summed E-state index contributed by atoms with van der Waals surface area (Å²) in [5, 5.41) is 9.12. The Morgan fingerprint density at radius 1 is 1.24 bits per heavy atom. The number of hydrogen-bond donors (Lipinski definition) is 3. The Bertz CT molecular complexity index is 685. The molecule has 0 saturated heterocycles. The summed E-state index contributed by atoms with van der Waals surface area (Å²) in [4.78, 5) is 12.3. The topological polar surface area (TPSA) is 105 Å². The molecule has 2 rings (SSSR count). The number of amides is 1. The maximum Gasteiger partial charge on any atom is 0.262 e. The van der Waals surface area contributed by atoms with Crippen LogP contribution in [0.4, 0.5) is 0 Å². The van der Waals surface area contributed by atoms with E-state index in [9.17, 15) is 13.2 Å². The van der Waals surface area contributed by atoms with Crippen LogP contribution in [0, 0.1) is 0 Å². The van der Waals surface area contributed by atoms with E-state index in [0.717, 1.165) is 19.3 Å². The van der Waals surface area contributed by atoms with Crippen LogP contribution in [0.3, 0.4) is 0 Å². The Hall–Kier alpha value is -1.29. The molecule has 1 unspecified atom stereocenters.